The summed E-state index contributed by atoms with van der Waals surface area (Å²) in [4.78, 5) is 8.23. The molecule has 1 heterocycles. The van der Waals surface area contributed by atoms with Crippen molar-refractivity contribution in [3.63, 3.8) is 0 Å². The molecule has 1 saturated carbocycles. The lowest BCUT2D eigenvalue weighted by Crippen LogP contribution is -2.41. The predicted molar refractivity (Wildman–Crippen MR) is 78.9 cm³/mol. The third-order valence-corrected chi connectivity index (χ3v) is 3.76. The molecule has 2 rings (SSSR count). The fraction of sp³-hybridized carbons (Fsp3) is 0.733. The minimum Gasteiger partial charge on any atom is -0.478 e. The Labute approximate surface area is 120 Å². The summed E-state index contributed by atoms with van der Waals surface area (Å²) in [5.41, 5.74) is -0.618. The van der Waals surface area contributed by atoms with E-state index in [1.165, 1.54) is 12.7 Å². The highest BCUT2D eigenvalue weighted by atomic mass is 16.5. The van der Waals surface area contributed by atoms with Gasteiger partial charge in [-0.25, -0.2) is 9.97 Å². The predicted octanol–water partition coefficient (Wildman–Crippen LogP) is 2.62. The van der Waals surface area contributed by atoms with Gasteiger partial charge in [0.25, 0.3) is 0 Å². The van der Waals surface area contributed by atoms with Crippen LogP contribution < -0.4 is 10.1 Å². The van der Waals surface area contributed by atoms with Crippen LogP contribution in [-0.2, 0) is 0 Å². The molecule has 2 N–H and O–H groups in total. The Balaban J connectivity index is 1.89. The normalized spacial score (nSPS) is 26.2. The number of anilines is 1. The van der Waals surface area contributed by atoms with Crippen LogP contribution in [0.1, 0.15) is 46.0 Å². The van der Waals surface area contributed by atoms with Gasteiger partial charge < -0.3 is 15.2 Å². The second-order valence-electron chi connectivity index (χ2n) is 5.87. The number of ether oxygens (including phenoxy) is 1. The Kier molecular flexibility index (Phi) is 5.17. The average Bonchev–Trinajstić information content (AvgIpc) is 2.43. The Morgan fingerprint density at radius 2 is 2.35 bits per heavy atom. The molecule has 0 amide bonds. The summed E-state index contributed by atoms with van der Waals surface area (Å²) in [6.45, 7) is 5.44. The van der Waals surface area contributed by atoms with Crippen LogP contribution in [0.2, 0.25) is 0 Å². The number of aliphatic hydroxyl groups is 1. The zero-order valence-electron chi connectivity index (χ0n) is 12.4. The van der Waals surface area contributed by atoms with Gasteiger partial charge in [0.05, 0.1) is 12.2 Å². The summed E-state index contributed by atoms with van der Waals surface area (Å²) >= 11 is 0. The zero-order valence-corrected chi connectivity index (χ0v) is 12.4. The number of rotatable bonds is 6. The molecule has 2 unspecified atom stereocenters. The first kappa shape index (κ1) is 15.0. The first-order valence-corrected chi connectivity index (χ1v) is 7.52. The van der Waals surface area contributed by atoms with Gasteiger partial charge in [0.15, 0.2) is 0 Å². The molecule has 0 radical (unpaired) electrons. The minimum atomic E-state index is -0.618. The Bertz CT molecular complexity index is 427. The fourth-order valence-electron chi connectivity index (χ4n) is 2.77. The second kappa shape index (κ2) is 6.88. The van der Waals surface area contributed by atoms with Gasteiger partial charge in [-0.2, -0.15) is 0 Å². The third-order valence-electron chi connectivity index (χ3n) is 3.76. The van der Waals surface area contributed by atoms with E-state index >= 15 is 0 Å². The number of nitrogens with one attached hydrogen (secondary N) is 1. The molecule has 20 heavy (non-hydrogen) atoms. The molecule has 2 atom stereocenters. The van der Waals surface area contributed by atoms with Crippen LogP contribution in [0.4, 0.5) is 5.82 Å². The van der Waals surface area contributed by atoms with E-state index in [4.69, 9.17) is 4.74 Å². The van der Waals surface area contributed by atoms with Crippen molar-refractivity contribution in [3.8, 4) is 5.88 Å². The van der Waals surface area contributed by atoms with Crippen molar-refractivity contribution in [3.05, 3.63) is 12.4 Å². The molecule has 0 bridgehead atoms. The number of nitrogens with zero attached hydrogens (tertiary/aromatic N) is 2. The van der Waals surface area contributed by atoms with Gasteiger partial charge in [0.2, 0.25) is 5.88 Å². The molecule has 0 spiro atoms. The molecule has 0 aliphatic heterocycles. The summed E-state index contributed by atoms with van der Waals surface area (Å²) in [6.07, 6.45) is 6.45. The van der Waals surface area contributed by atoms with Crippen molar-refractivity contribution < 1.29 is 9.84 Å². The highest BCUT2D eigenvalue weighted by Gasteiger charge is 2.32. The van der Waals surface area contributed by atoms with E-state index in [1.807, 2.05) is 0 Å². The minimum absolute atomic E-state index is 0.529. The Hall–Kier alpha value is -1.36. The molecule has 1 aliphatic rings. The van der Waals surface area contributed by atoms with Crippen LogP contribution in [0.5, 0.6) is 5.88 Å². The van der Waals surface area contributed by atoms with Crippen molar-refractivity contribution >= 4 is 5.82 Å². The first-order chi connectivity index (χ1) is 9.61. The zero-order chi connectivity index (χ0) is 14.4. The molecule has 5 heteroatoms. The third kappa shape index (κ3) is 4.34. The summed E-state index contributed by atoms with van der Waals surface area (Å²) in [6, 6.07) is 1.78. The second-order valence-corrected chi connectivity index (χ2v) is 5.87. The maximum Gasteiger partial charge on any atom is 0.218 e. The van der Waals surface area contributed by atoms with Crippen LogP contribution in [0.25, 0.3) is 0 Å². The van der Waals surface area contributed by atoms with Gasteiger partial charge in [-0.15, -0.1) is 0 Å². The Morgan fingerprint density at radius 1 is 1.50 bits per heavy atom. The van der Waals surface area contributed by atoms with Gasteiger partial charge in [-0.05, 0) is 25.2 Å². The largest absolute Gasteiger partial charge is 0.478 e. The maximum absolute atomic E-state index is 10.6. The van der Waals surface area contributed by atoms with Gasteiger partial charge >= 0.3 is 0 Å². The standard InChI is InChI=1S/C15H25N3O2/c1-3-7-20-14-8-13(17-11-18-14)16-10-15(19)6-4-5-12(2)9-15/h8,11-12,19H,3-7,9-10H2,1-2H3,(H,16,17,18). The van der Waals surface area contributed by atoms with E-state index in [9.17, 15) is 5.11 Å². The summed E-state index contributed by atoms with van der Waals surface area (Å²) in [5.74, 6) is 1.87. The molecular formula is C15H25N3O2. The van der Waals surface area contributed by atoms with Crippen molar-refractivity contribution in [2.75, 3.05) is 18.5 Å². The van der Waals surface area contributed by atoms with E-state index in [2.05, 4.69) is 29.1 Å². The van der Waals surface area contributed by atoms with Crippen molar-refractivity contribution in [2.45, 2.75) is 51.6 Å². The SMILES string of the molecule is CCCOc1cc(NCC2(O)CCCC(C)C2)ncn1. The van der Waals surface area contributed by atoms with Crippen LogP contribution in [0, 0.1) is 5.92 Å². The van der Waals surface area contributed by atoms with Gasteiger partial charge in [-0.1, -0.05) is 26.7 Å². The maximum atomic E-state index is 10.6. The van der Waals surface area contributed by atoms with Crippen LogP contribution in [0.3, 0.4) is 0 Å². The van der Waals surface area contributed by atoms with E-state index < -0.39 is 5.60 Å². The molecule has 5 nitrogen and oxygen atoms in total. The monoisotopic (exact) mass is 279 g/mol. The smallest absolute Gasteiger partial charge is 0.218 e. The molecule has 1 fully saturated rings. The van der Waals surface area contributed by atoms with Crippen LogP contribution in [-0.4, -0.2) is 33.8 Å². The number of hydrogen-bond donors (Lipinski definition) is 2. The highest BCUT2D eigenvalue weighted by Crippen LogP contribution is 2.32. The van der Waals surface area contributed by atoms with Crippen molar-refractivity contribution in [1.29, 1.82) is 0 Å². The van der Waals surface area contributed by atoms with Gasteiger partial charge in [0.1, 0.15) is 12.1 Å². The highest BCUT2D eigenvalue weighted by molar-refractivity contribution is 5.37. The molecule has 112 valence electrons. The lowest BCUT2D eigenvalue weighted by atomic mass is 9.79. The number of aromatic nitrogens is 2. The van der Waals surface area contributed by atoms with Crippen molar-refractivity contribution in [1.82, 2.24) is 9.97 Å². The summed E-state index contributed by atoms with van der Waals surface area (Å²) < 4.78 is 5.48. The first-order valence-electron chi connectivity index (χ1n) is 7.52. The lowest BCUT2D eigenvalue weighted by molar-refractivity contribution is -0.000835. The molecule has 0 aromatic carbocycles. The average molecular weight is 279 g/mol. The fourth-order valence-corrected chi connectivity index (χ4v) is 2.77. The molecule has 0 saturated heterocycles. The molecule has 1 aromatic rings. The van der Waals surface area contributed by atoms with Gasteiger partial charge in [0, 0.05) is 12.6 Å². The van der Waals surface area contributed by atoms with Crippen LogP contribution in [0.15, 0.2) is 12.4 Å². The topological polar surface area (TPSA) is 67.3 Å². The molecule has 1 aliphatic carbocycles. The summed E-state index contributed by atoms with van der Waals surface area (Å²) in [5, 5.41) is 13.8. The number of hydrogen-bond acceptors (Lipinski definition) is 5. The van der Waals surface area contributed by atoms with Crippen molar-refractivity contribution in [2.24, 2.45) is 5.92 Å². The molecular weight excluding hydrogens is 254 g/mol. The quantitative estimate of drug-likeness (QED) is 0.838. The molecule has 1 aromatic heterocycles. The lowest BCUT2D eigenvalue weighted by Gasteiger charge is -2.35. The van der Waals surface area contributed by atoms with E-state index in [-0.39, 0.29) is 0 Å². The van der Waals surface area contributed by atoms with Crippen LogP contribution >= 0.6 is 0 Å². The van der Waals surface area contributed by atoms with E-state index in [0.717, 1.165) is 25.7 Å². The summed E-state index contributed by atoms with van der Waals surface area (Å²) in [7, 11) is 0. The Morgan fingerprint density at radius 3 is 3.10 bits per heavy atom. The van der Waals surface area contributed by atoms with E-state index in [1.54, 1.807) is 6.07 Å². The van der Waals surface area contributed by atoms with Gasteiger partial charge in [-0.3, -0.25) is 0 Å². The van der Waals surface area contributed by atoms with E-state index in [0.29, 0.717) is 30.8 Å².